The van der Waals surface area contributed by atoms with E-state index in [0.717, 1.165) is 12.8 Å². The highest BCUT2D eigenvalue weighted by atomic mass is 14.7. The van der Waals surface area contributed by atoms with Crippen LogP contribution in [-0.4, -0.2) is 5.54 Å². The molecule has 0 aromatic carbocycles. The molecule has 0 aromatic rings. The summed E-state index contributed by atoms with van der Waals surface area (Å²) in [6.07, 6.45) is 5.77. The quantitative estimate of drug-likeness (QED) is 0.603. The molecule has 0 aliphatic carbocycles. The first-order chi connectivity index (χ1) is 5.02. The van der Waals surface area contributed by atoms with Crippen molar-refractivity contribution in [3.8, 4) is 0 Å². The molecule has 0 spiro atoms. The second-order valence-corrected chi connectivity index (χ2v) is 3.57. The van der Waals surface area contributed by atoms with E-state index in [2.05, 4.69) is 13.2 Å². The fraction of sp³-hybridized carbons (Fsp3) is 0.600. The van der Waals surface area contributed by atoms with Gasteiger partial charge in [-0.25, -0.2) is 0 Å². The van der Waals surface area contributed by atoms with E-state index in [0.29, 0.717) is 5.92 Å². The standard InChI is InChI=1S/C10H19N/c1-5-7-9(8-6-2)10(3,4)11/h5-6,9H,1-2,7-8,11H2,3-4H3. The topological polar surface area (TPSA) is 26.0 Å². The van der Waals surface area contributed by atoms with Crippen molar-refractivity contribution in [2.45, 2.75) is 32.2 Å². The first-order valence-corrected chi connectivity index (χ1v) is 4.03. The van der Waals surface area contributed by atoms with E-state index in [1.165, 1.54) is 0 Å². The van der Waals surface area contributed by atoms with E-state index < -0.39 is 0 Å². The molecule has 0 fully saturated rings. The molecule has 1 nitrogen and oxygen atoms in total. The number of hydrogen-bond acceptors (Lipinski definition) is 1. The van der Waals surface area contributed by atoms with E-state index in [1.54, 1.807) is 0 Å². The predicted octanol–water partition coefficient (Wildman–Crippen LogP) is 2.49. The van der Waals surface area contributed by atoms with Gasteiger partial charge in [-0.05, 0) is 32.6 Å². The smallest absolute Gasteiger partial charge is 0.0131 e. The average Bonchev–Trinajstić information content (AvgIpc) is 1.85. The zero-order valence-electron chi connectivity index (χ0n) is 7.64. The van der Waals surface area contributed by atoms with Crippen LogP contribution in [0.25, 0.3) is 0 Å². The Hall–Kier alpha value is -0.560. The van der Waals surface area contributed by atoms with E-state index in [1.807, 2.05) is 26.0 Å². The first kappa shape index (κ1) is 10.4. The molecule has 11 heavy (non-hydrogen) atoms. The van der Waals surface area contributed by atoms with Crippen molar-refractivity contribution in [3.05, 3.63) is 25.3 Å². The van der Waals surface area contributed by atoms with Crippen LogP contribution in [-0.2, 0) is 0 Å². The van der Waals surface area contributed by atoms with Gasteiger partial charge in [0.25, 0.3) is 0 Å². The van der Waals surface area contributed by atoms with Crippen LogP contribution in [0.3, 0.4) is 0 Å². The second kappa shape index (κ2) is 4.35. The SMILES string of the molecule is C=CCC(CC=C)C(C)(C)N. The molecule has 0 aromatic heterocycles. The minimum atomic E-state index is -0.123. The molecule has 0 aliphatic heterocycles. The van der Waals surface area contributed by atoms with Crippen molar-refractivity contribution in [1.29, 1.82) is 0 Å². The Morgan fingerprint density at radius 1 is 1.27 bits per heavy atom. The van der Waals surface area contributed by atoms with E-state index in [4.69, 9.17) is 5.73 Å². The Kier molecular flexibility index (Phi) is 4.12. The van der Waals surface area contributed by atoms with Gasteiger partial charge in [-0.15, -0.1) is 13.2 Å². The van der Waals surface area contributed by atoms with Gasteiger partial charge in [0.2, 0.25) is 0 Å². The van der Waals surface area contributed by atoms with Gasteiger partial charge in [0.05, 0.1) is 0 Å². The number of rotatable bonds is 5. The van der Waals surface area contributed by atoms with Crippen molar-refractivity contribution in [1.82, 2.24) is 0 Å². The molecule has 0 radical (unpaired) electrons. The largest absolute Gasteiger partial charge is 0.325 e. The highest BCUT2D eigenvalue weighted by molar-refractivity contribution is 4.90. The average molecular weight is 153 g/mol. The van der Waals surface area contributed by atoms with Gasteiger partial charge in [0, 0.05) is 5.54 Å². The van der Waals surface area contributed by atoms with Crippen LogP contribution < -0.4 is 5.73 Å². The normalized spacial score (nSPS) is 11.6. The van der Waals surface area contributed by atoms with Crippen LogP contribution in [0.4, 0.5) is 0 Å². The molecule has 0 bridgehead atoms. The van der Waals surface area contributed by atoms with E-state index >= 15 is 0 Å². The maximum atomic E-state index is 5.96. The number of nitrogens with two attached hydrogens (primary N) is 1. The van der Waals surface area contributed by atoms with Crippen molar-refractivity contribution in [3.63, 3.8) is 0 Å². The van der Waals surface area contributed by atoms with Gasteiger partial charge in [0.15, 0.2) is 0 Å². The molecule has 0 unspecified atom stereocenters. The molecule has 0 amide bonds. The fourth-order valence-electron chi connectivity index (χ4n) is 1.11. The molecule has 0 aliphatic rings. The number of allylic oxidation sites excluding steroid dienone is 2. The molecule has 0 rings (SSSR count). The maximum Gasteiger partial charge on any atom is 0.0131 e. The summed E-state index contributed by atoms with van der Waals surface area (Å²) in [6, 6.07) is 0. The third-order valence-electron chi connectivity index (χ3n) is 1.95. The Morgan fingerprint density at radius 2 is 1.64 bits per heavy atom. The van der Waals surface area contributed by atoms with Crippen LogP contribution in [0.1, 0.15) is 26.7 Å². The molecule has 0 heterocycles. The Bertz CT molecular complexity index is 120. The highest BCUT2D eigenvalue weighted by Gasteiger charge is 2.21. The molecular formula is C10H19N. The van der Waals surface area contributed by atoms with Crippen LogP contribution >= 0.6 is 0 Å². The fourth-order valence-corrected chi connectivity index (χ4v) is 1.11. The van der Waals surface area contributed by atoms with Gasteiger partial charge >= 0.3 is 0 Å². The first-order valence-electron chi connectivity index (χ1n) is 4.03. The summed E-state index contributed by atoms with van der Waals surface area (Å²) >= 11 is 0. The van der Waals surface area contributed by atoms with Crippen LogP contribution in [0, 0.1) is 5.92 Å². The molecule has 1 heteroatoms. The molecule has 64 valence electrons. The van der Waals surface area contributed by atoms with Crippen molar-refractivity contribution in [2.24, 2.45) is 11.7 Å². The van der Waals surface area contributed by atoms with Crippen molar-refractivity contribution >= 4 is 0 Å². The lowest BCUT2D eigenvalue weighted by Crippen LogP contribution is -2.40. The Morgan fingerprint density at radius 3 is 1.82 bits per heavy atom. The van der Waals surface area contributed by atoms with Crippen molar-refractivity contribution < 1.29 is 0 Å². The van der Waals surface area contributed by atoms with Crippen molar-refractivity contribution in [2.75, 3.05) is 0 Å². The van der Waals surface area contributed by atoms with Gasteiger partial charge in [-0.2, -0.15) is 0 Å². The molecule has 2 N–H and O–H groups in total. The Labute approximate surface area is 70.0 Å². The predicted molar refractivity (Wildman–Crippen MR) is 51.4 cm³/mol. The summed E-state index contributed by atoms with van der Waals surface area (Å²) in [5.74, 6) is 0.470. The monoisotopic (exact) mass is 153 g/mol. The summed E-state index contributed by atoms with van der Waals surface area (Å²) in [7, 11) is 0. The Balaban J connectivity index is 4.08. The summed E-state index contributed by atoms with van der Waals surface area (Å²) in [5, 5.41) is 0. The zero-order valence-corrected chi connectivity index (χ0v) is 7.64. The molecule has 0 atom stereocenters. The van der Waals surface area contributed by atoms with Crippen LogP contribution in [0.5, 0.6) is 0 Å². The summed E-state index contributed by atoms with van der Waals surface area (Å²) in [5.41, 5.74) is 5.83. The van der Waals surface area contributed by atoms with Crippen LogP contribution in [0.2, 0.25) is 0 Å². The summed E-state index contributed by atoms with van der Waals surface area (Å²) in [4.78, 5) is 0. The summed E-state index contributed by atoms with van der Waals surface area (Å²) in [6.45, 7) is 11.5. The third kappa shape index (κ3) is 3.99. The molecule has 0 saturated heterocycles. The second-order valence-electron chi connectivity index (χ2n) is 3.57. The zero-order chi connectivity index (χ0) is 8.91. The minimum Gasteiger partial charge on any atom is -0.325 e. The minimum absolute atomic E-state index is 0.123. The number of hydrogen-bond donors (Lipinski definition) is 1. The van der Waals surface area contributed by atoms with E-state index in [-0.39, 0.29) is 5.54 Å². The van der Waals surface area contributed by atoms with Crippen LogP contribution in [0.15, 0.2) is 25.3 Å². The highest BCUT2D eigenvalue weighted by Crippen LogP contribution is 2.21. The van der Waals surface area contributed by atoms with E-state index in [9.17, 15) is 0 Å². The molecule has 0 saturated carbocycles. The third-order valence-corrected chi connectivity index (χ3v) is 1.95. The lowest BCUT2D eigenvalue weighted by molar-refractivity contribution is 0.325. The molecular weight excluding hydrogens is 134 g/mol. The maximum absolute atomic E-state index is 5.96. The van der Waals surface area contributed by atoms with Gasteiger partial charge in [-0.3, -0.25) is 0 Å². The van der Waals surface area contributed by atoms with Gasteiger partial charge < -0.3 is 5.73 Å². The van der Waals surface area contributed by atoms with Gasteiger partial charge in [-0.1, -0.05) is 12.2 Å². The summed E-state index contributed by atoms with van der Waals surface area (Å²) < 4.78 is 0. The lowest BCUT2D eigenvalue weighted by Gasteiger charge is -2.28. The lowest BCUT2D eigenvalue weighted by atomic mass is 9.83. The van der Waals surface area contributed by atoms with Gasteiger partial charge in [0.1, 0.15) is 0 Å².